The largest absolute Gasteiger partial charge is 0.457 e. The summed E-state index contributed by atoms with van der Waals surface area (Å²) < 4.78 is 9.63. The van der Waals surface area contributed by atoms with Gasteiger partial charge in [0.1, 0.15) is 12.0 Å². The maximum atomic E-state index is 10.4. The topological polar surface area (TPSA) is 52.6 Å². The molecule has 0 spiro atoms. The van der Waals surface area contributed by atoms with Crippen molar-refractivity contribution in [3.05, 3.63) is 29.8 Å². The summed E-state index contributed by atoms with van der Waals surface area (Å²) in [6.45, 7) is 1.19. The van der Waals surface area contributed by atoms with Gasteiger partial charge in [-0.3, -0.25) is 9.59 Å². The minimum Gasteiger partial charge on any atom is -0.457 e. The van der Waals surface area contributed by atoms with Crippen LogP contribution in [-0.2, 0) is 9.53 Å². The van der Waals surface area contributed by atoms with Crippen LogP contribution in [0.2, 0.25) is 0 Å². The lowest BCUT2D eigenvalue weighted by atomic mass is 10.2. The third-order valence-corrected chi connectivity index (χ3v) is 1.50. The standard InChI is InChI=1S/C10H10O4/c1-8(12)13-7-14-10-4-2-9(6-11)3-5-10/h2-6H,7H2,1H3. The average molecular weight is 194 g/mol. The molecular weight excluding hydrogens is 184 g/mol. The highest BCUT2D eigenvalue weighted by molar-refractivity contribution is 5.74. The average Bonchev–Trinajstić information content (AvgIpc) is 2.18. The molecule has 74 valence electrons. The minimum atomic E-state index is -0.394. The van der Waals surface area contributed by atoms with Gasteiger partial charge in [0, 0.05) is 12.5 Å². The molecule has 1 rings (SSSR count). The van der Waals surface area contributed by atoms with Crippen molar-refractivity contribution in [2.75, 3.05) is 6.79 Å². The van der Waals surface area contributed by atoms with Crippen molar-refractivity contribution in [2.45, 2.75) is 6.92 Å². The quantitative estimate of drug-likeness (QED) is 0.413. The van der Waals surface area contributed by atoms with Crippen LogP contribution in [0.3, 0.4) is 0 Å². The Hall–Kier alpha value is -1.84. The summed E-state index contributed by atoms with van der Waals surface area (Å²) in [4.78, 5) is 20.7. The summed E-state index contributed by atoms with van der Waals surface area (Å²) in [7, 11) is 0. The van der Waals surface area contributed by atoms with Gasteiger partial charge >= 0.3 is 5.97 Å². The second kappa shape index (κ2) is 5.01. The lowest BCUT2D eigenvalue weighted by Crippen LogP contribution is -2.06. The summed E-state index contributed by atoms with van der Waals surface area (Å²) in [6.07, 6.45) is 0.746. The lowest BCUT2D eigenvalue weighted by molar-refractivity contribution is -0.147. The van der Waals surface area contributed by atoms with Crippen LogP contribution in [0.1, 0.15) is 17.3 Å². The predicted molar refractivity (Wildman–Crippen MR) is 49.1 cm³/mol. The first-order valence-corrected chi connectivity index (χ1v) is 4.04. The zero-order valence-electron chi connectivity index (χ0n) is 7.73. The van der Waals surface area contributed by atoms with E-state index in [-0.39, 0.29) is 6.79 Å². The van der Waals surface area contributed by atoms with Gasteiger partial charge in [-0.05, 0) is 24.3 Å². The Balaban J connectivity index is 2.43. The number of carbonyl (C=O) groups excluding carboxylic acids is 2. The Labute approximate surface area is 81.4 Å². The zero-order valence-corrected chi connectivity index (χ0v) is 7.73. The van der Waals surface area contributed by atoms with E-state index in [4.69, 9.17) is 4.74 Å². The van der Waals surface area contributed by atoms with Crippen molar-refractivity contribution in [1.29, 1.82) is 0 Å². The molecule has 4 nitrogen and oxygen atoms in total. The normalized spacial score (nSPS) is 9.21. The number of ether oxygens (including phenoxy) is 2. The second-order valence-corrected chi connectivity index (χ2v) is 2.58. The summed E-state index contributed by atoms with van der Waals surface area (Å²) in [5.41, 5.74) is 0.574. The summed E-state index contributed by atoms with van der Waals surface area (Å²) in [6, 6.07) is 6.51. The number of benzene rings is 1. The molecule has 0 aliphatic carbocycles. The van der Waals surface area contributed by atoms with E-state index in [1.165, 1.54) is 6.92 Å². The van der Waals surface area contributed by atoms with Gasteiger partial charge in [0.05, 0.1) is 0 Å². The number of aldehydes is 1. The van der Waals surface area contributed by atoms with Crippen molar-refractivity contribution in [1.82, 2.24) is 0 Å². The van der Waals surface area contributed by atoms with Crippen molar-refractivity contribution >= 4 is 12.3 Å². The minimum absolute atomic E-state index is 0.115. The van der Waals surface area contributed by atoms with E-state index in [1.54, 1.807) is 24.3 Å². The first kappa shape index (κ1) is 10.2. The van der Waals surface area contributed by atoms with E-state index in [0.717, 1.165) is 6.29 Å². The van der Waals surface area contributed by atoms with Crippen LogP contribution in [0.25, 0.3) is 0 Å². The SMILES string of the molecule is CC(=O)OCOc1ccc(C=O)cc1. The van der Waals surface area contributed by atoms with Crippen molar-refractivity contribution in [3.63, 3.8) is 0 Å². The van der Waals surface area contributed by atoms with Crippen LogP contribution < -0.4 is 4.74 Å². The van der Waals surface area contributed by atoms with Crippen LogP contribution >= 0.6 is 0 Å². The highest BCUT2D eigenvalue weighted by atomic mass is 16.7. The highest BCUT2D eigenvalue weighted by Gasteiger charge is 1.95. The van der Waals surface area contributed by atoms with E-state index >= 15 is 0 Å². The van der Waals surface area contributed by atoms with E-state index in [2.05, 4.69) is 4.74 Å². The molecule has 0 aliphatic rings. The molecule has 0 aromatic heterocycles. The third-order valence-electron chi connectivity index (χ3n) is 1.50. The van der Waals surface area contributed by atoms with Crippen molar-refractivity contribution in [3.8, 4) is 5.75 Å². The molecule has 4 heteroatoms. The van der Waals surface area contributed by atoms with E-state index in [1.807, 2.05) is 0 Å². The van der Waals surface area contributed by atoms with Crippen LogP contribution in [0.4, 0.5) is 0 Å². The van der Waals surface area contributed by atoms with Gasteiger partial charge in [0.15, 0.2) is 0 Å². The number of esters is 1. The van der Waals surface area contributed by atoms with Gasteiger partial charge in [-0.1, -0.05) is 0 Å². The molecule has 0 atom stereocenters. The van der Waals surface area contributed by atoms with Crippen LogP contribution in [0.15, 0.2) is 24.3 Å². The van der Waals surface area contributed by atoms with Crippen molar-refractivity contribution in [2.24, 2.45) is 0 Å². The van der Waals surface area contributed by atoms with Crippen LogP contribution in [0.5, 0.6) is 5.75 Å². The van der Waals surface area contributed by atoms with E-state index < -0.39 is 5.97 Å². The highest BCUT2D eigenvalue weighted by Crippen LogP contribution is 2.10. The lowest BCUT2D eigenvalue weighted by Gasteiger charge is -2.05. The first-order chi connectivity index (χ1) is 6.72. The molecule has 0 saturated carbocycles. The van der Waals surface area contributed by atoms with Gasteiger partial charge in [-0.2, -0.15) is 0 Å². The Morgan fingerprint density at radius 1 is 1.36 bits per heavy atom. The number of hydrogen-bond acceptors (Lipinski definition) is 4. The van der Waals surface area contributed by atoms with Gasteiger partial charge in [0.2, 0.25) is 6.79 Å². The number of rotatable bonds is 4. The smallest absolute Gasteiger partial charge is 0.305 e. The van der Waals surface area contributed by atoms with Gasteiger partial charge in [-0.25, -0.2) is 0 Å². The molecular formula is C10H10O4. The molecule has 0 saturated heterocycles. The molecule has 1 aromatic carbocycles. The molecule has 1 aromatic rings. The predicted octanol–water partition coefficient (Wildman–Crippen LogP) is 1.40. The van der Waals surface area contributed by atoms with Gasteiger partial charge < -0.3 is 9.47 Å². The van der Waals surface area contributed by atoms with E-state index in [9.17, 15) is 9.59 Å². The molecule has 14 heavy (non-hydrogen) atoms. The fourth-order valence-corrected chi connectivity index (χ4v) is 0.823. The van der Waals surface area contributed by atoms with Crippen LogP contribution in [0, 0.1) is 0 Å². The van der Waals surface area contributed by atoms with Crippen molar-refractivity contribution < 1.29 is 19.1 Å². The van der Waals surface area contributed by atoms with Gasteiger partial charge in [0.25, 0.3) is 0 Å². The molecule has 0 fully saturated rings. The number of carbonyl (C=O) groups is 2. The van der Waals surface area contributed by atoms with Gasteiger partial charge in [-0.15, -0.1) is 0 Å². The molecule has 0 unspecified atom stereocenters. The van der Waals surface area contributed by atoms with Crippen LogP contribution in [-0.4, -0.2) is 19.0 Å². The fourth-order valence-electron chi connectivity index (χ4n) is 0.823. The molecule has 0 amide bonds. The Bertz CT molecular complexity index is 315. The Kier molecular flexibility index (Phi) is 3.67. The summed E-state index contributed by atoms with van der Waals surface area (Å²) in [5.74, 6) is 0.159. The summed E-state index contributed by atoms with van der Waals surface area (Å²) in [5, 5.41) is 0. The monoisotopic (exact) mass is 194 g/mol. The fraction of sp³-hybridized carbons (Fsp3) is 0.200. The summed E-state index contributed by atoms with van der Waals surface area (Å²) >= 11 is 0. The van der Waals surface area contributed by atoms with E-state index in [0.29, 0.717) is 11.3 Å². The Morgan fingerprint density at radius 3 is 2.50 bits per heavy atom. The maximum Gasteiger partial charge on any atom is 0.305 e. The molecule has 0 aliphatic heterocycles. The molecule has 0 radical (unpaired) electrons. The molecule has 0 bridgehead atoms. The first-order valence-electron chi connectivity index (χ1n) is 4.04. The Morgan fingerprint density at radius 2 is 2.00 bits per heavy atom. The third kappa shape index (κ3) is 3.26. The second-order valence-electron chi connectivity index (χ2n) is 2.58. The zero-order chi connectivity index (χ0) is 10.4. The molecule has 0 N–H and O–H groups in total. The number of hydrogen-bond donors (Lipinski definition) is 0. The molecule has 0 heterocycles. The maximum absolute atomic E-state index is 10.4.